The van der Waals surface area contributed by atoms with Crippen LogP contribution in [-0.4, -0.2) is 6.26 Å². The lowest BCUT2D eigenvalue weighted by Gasteiger charge is -2.19. The minimum absolute atomic E-state index is 1.20. The van der Waals surface area contributed by atoms with Gasteiger partial charge in [-0.05, 0) is 40.7 Å². The molecular formula is C12H15IS. The second-order valence-corrected chi connectivity index (χ2v) is 4.67. The van der Waals surface area contributed by atoms with Crippen molar-refractivity contribution in [3.05, 3.63) is 44.9 Å². The Kier molecular flexibility index (Phi) is 5.63. The molecule has 0 aromatic carbocycles. The molecule has 1 rings (SSSR count). The van der Waals surface area contributed by atoms with E-state index in [9.17, 15) is 0 Å². The Balaban J connectivity index is 3.06. The molecule has 1 aliphatic carbocycles. The molecule has 0 saturated heterocycles. The summed E-state index contributed by atoms with van der Waals surface area (Å²) in [6.07, 6.45) is 12.1. The zero-order chi connectivity index (χ0) is 10.4. The first-order valence-electron chi connectivity index (χ1n) is 4.69. The van der Waals surface area contributed by atoms with Crippen LogP contribution in [0.2, 0.25) is 0 Å². The Morgan fingerprint density at radius 1 is 1.43 bits per heavy atom. The Bertz CT molecular complexity index is 297. The van der Waals surface area contributed by atoms with E-state index in [-0.39, 0.29) is 0 Å². The number of hydrogen-bond donors (Lipinski definition) is 0. The monoisotopic (exact) mass is 318 g/mol. The molecule has 2 heteroatoms. The van der Waals surface area contributed by atoms with Crippen molar-refractivity contribution < 1.29 is 0 Å². The molecule has 0 fully saturated rings. The van der Waals surface area contributed by atoms with Crippen LogP contribution >= 0.6 is 34.4 Å². The summed E-state index contributed by atoms with van der Waals surface area (Å²) < 4.78 is 2.10. The molecule has 0 radical (unpaired) electrons. The van der Waals surface area contributed by atoms with Gasteiger partial charge in [-0.3, -0.25) is 0 Å². The van der Waals surface area contributed by atoms with E-state index in [1.165, 1.54) is 35.3 Å². The second kappa shape index (κ2) is 6.51. The fraction of sp³-hybridized carbons (Fsp3) is 0.333. The number of thioether (sulfide) groups is 1. The highest BCUT2D eigenvalue weighted by Gasteiger charge is 2.14. The Morgan fingerprint density at radius 2 is 2.21 bits per heavy atom. The standard InChI is InChI=1S/C12H15IS/c1-3-5-10-6-4-7-11(8-9-13)12(10)14-2/h3,5,8-9H,1,4,6-7H2,2H3/b9-8+,10-5+. The van der Waals surface area contributed by atoms with E-state index in [2.05, 4.69) is 51.7 Å². The minimum atomic E-state index is 1.20. The zero-order valence-corrected chi connectivity index (χ0v) is 11.4. The van der Waals surface area contributed by atoms with Gasteiger partial charge in [0.25, 0.3) is 0 Å². The smallest absolute Gasteiger partial charge is 0.0133 e. The second-order valence-electron chi connectivity index (χ2n) is 3.13. The number of allylic oxidation sites excluding steroid dienone is 5. The van der Waals surface area contributed by atoms with Crippen LogP contribution in [0.1, 0.15) is 19.3 Å². The van der Waals surface area contributed by atoms with E-state index in [1.807, 2.05) is 17.8 Å². The lowest BCUT2D eigenvalue weighted by Crippen LogP contribution is -1.99. The first kappa shape index (κ1) is 12.1. The molecule has 0 heterocycles. The average molecular weight is 318 g/mol. The number of hydrogen-bond acceptors (Lipinski definition) is 1. The lowest BCUT2D eigenvalue weighted by molar-refractivity contribution is 0.793. The van der Waals surface area contributed by atoms with Crippen molar-refractivity contribution in [1.82, 2.24) is 0 Å². The molecule has 0 aromatic rings. The molecule has 0 spiro atoms. The summed E-state index contributed by atoms with van der Waals surface area (Å²) in [5, 5.41) is 0. The third-order valence-corrected chi connectivity index (χ3v) is 3.56. The normalized spacial score (nSPS) is 20.9. The maximum Gasteiger partial charge on any atom is 0.0133 e. The van der Waals surface area contributed by atoms with Crippen molar-refractivity contribution in [2.45, 2.75) is 19.3 Å². The molecule has 0 nitrogen and oxygen atoms in total. The maximum absolute atomic E-state index is 3.77. The van der Waals surface area contributed by atoms with Gasteiger partial charge in [-0.25, -0.2) is 0 Å². The quantitative estimate of drug-likeness (QED) is 0.671. The van der Waals surface area contributed by atoms with E-state index in [4.69, 9.17) is 0 Å². The van der Waals surface area contributed by atoms with Crippen molar-refractivity contribution in [3.8, 4) is 0 Å². The van der Waals surface area contributed by atoms with Crippen LogP contribution in [0, 0.1) is 0 Å². The first-order chi connectivity index (χ1) is 6.83. The molecular weight excluding hydrogens is 303 g/mol. The SMILES string of the molecule is C=C/C=C1\CCCC(/C=C/I)=C1SC. The Hall–Kier alpha value is 0.0400. The first-order valence-corrected chi connectivity index (χ1v) is 7.16. The van der Waals surface area contributed by atoms with Crippen molar-refractivity contribution >= 4 is 34.4 Å². The van der Waals surface area contributed by atoms with Gasteiger partial charge in [-0.1, -0.05) is 47.4 Å². The summed E-state index contributed by atoms with van der Waals surface area (Å²) in [5.41, 5.74) is 2.93. The maximum atomic E-state index is 3.77. The molecule has 0 atom stereocenters. The molecule has 14 heavy (non-hydrogen) atoms. The van der Waals surface area contributed by atoms with E-state index < -0.39 is 0 Å². The van der Waals surface area contributed by atoms with Crippen LogP contribution in [0.5, 0.6) is 0 Å². The van der Waals surface area contributed by atoms with Crippen molar-refractivity contribution in [3.63, 3.8) is 0 Å². The van der Waals surface area contributed by atoms with E-state index in [1.54, 1.807) is 0 Å². The lowest BCUT2D eigenvalue weighted by atomic mass is 9.94. The molecule has 0 unspecified atom stereocenters. The van der Waals surface area contributed by atoms with Crippen LogP contribution in [-0.2, 0) is 0 Å². The highest BCUT2D eigenvalue weighted by Crippen LogP contribution is 2.36. The molecule has 1 aliphatic rings. The molecule has 0 saturated carbocycles. The van der Waals surface area contributed by atoms with Crippen LogP contribution < -0.4 is 0 Å². The summed E-state index contributed by atoms with van der Waals surface area (Å²) in [5.74, 6) is 0. The van der Waals surface area contributed by atoms with Gasteiger partial charge in [-0.2, -0.15) is 0 Å². The summed E-state index contributed by atoms with van der Waals surface area (Å²) in [6, 6.07) is 0. The van der Waals surface area contributed by atoms with E-state index in [0.29, 0.717) is 0 Å². The zero-order valence-electron chi connectivity index (χ0n) is 8.42. The van der Waals surface area contributed by atoms with Gasteiger partial charge in [-0.15, -0.1) is 11.8 Å². The average Bonchev–Trinajstić information content (AvgIpc) is 2.19. The topological polar surface area (TPSA) is 0 Å². The predicted octanol–water partition coefficient (Wildman–Crippen LogP) is 4.85. The summed E-state index contributed by atoms with van der Waals surface area (Å²) in [4.78, 5) is 1.45. The molecule has 0 aromatic heterocycles. The van der Waals surface area contributed by atoms with Gasteiger partial charge in [0.15, 0.2) is 0 Å². The third kappa shape index (κ3) is 3.02. The van der Waals surface area contributed by atoms with Gasteiger partial charge >= 0.3 is 0 Å². The number of rotatable bonds is 3. The van der Waals surface area contributed by atoms with Crippen LogP contribution in [0.3, 0.4) is 0 Å². The Morgan fingerprint density at radius 3 is 2.79 bits per heavy atom. The summed E-state index contributed by atoms with van der Waals surface area (Å²) in [7, 11) is 0. The molecule has 0 aliphatic heterocycles. The van der Waals surface area contributed by atoms with Gasteiger partial charge < -0.3 is 0 Å². The van der Waals surface area contributed by atoms with Gasteiger partial charge in [0, 0.05) is 4.91 Å². The minimum Gasteiger partial charge on any atom is -0.129 e. The van der Waals surface area contributed by atoms with Gasteiger partial charge in [0.1, 0.15) is 0 Å². The van der Waals surface area contributed by atoms with Crippen molar-refractivity contribution in [2.24, 2.45) is 0 Å². The molecule has 0 bridgehead atoms. The molecule has 0 N–H and O–H groups in total. The highest BCUT2D eigenvalue weighted by atomic mass is 127. The van der Waals surface area contributed by atoms with Gasteiger partial charge in [0.2, 0.25) is 0 Å². The van der Waals surface area contributed by atoms with Gasteiger partial charge in [0.05, 0.1) is 0 Å². The predicted molar refractivity (Wildman–Crippen MR) is 75.8 cm³/mol. The Labute approximate surface area is 104 Å². The van der Waals surface area contributed by atoms with E-state index in [0.717, 1.165) is 0 Å². The largest absolute Gasteiger partial charge is 0.129 e. The third-order valence-electron chi connectivity index (χ3n) is 2.26. The van der Waals surface area contributed by atoms with Crippen molar-refractivity contribution in [1.29, 1.82) is 0 Å². The summed E-state index contributed by atoms with van der Waals surface area (Å²) >= 11 is 4.13. The fourth-order valence-corrected chi connectivity index (χ4v) is 3.00. The van der Waals surface area contributed by atoms with Crippen LogP contribution in [0.15, 0.2) is 44.9 Å². The van der Waals surface area contributed by atoms with Crippen LogP contribution in [0.25, 0.3) is 0 Å². The highest BCUT2D eigenvalue weighted by molar-refractivity contribution is 14.1. The van der Waals surface area contributed by atoms with Crippen LogP contribution in [0.4, 0.5) is 0 Å². The molecule has 76 valence electrons. The van der Waals surface area contributed by atoms with E-state index >= 15 is 0 Å². The number of halogens is 1. The fourth-order valence-electron chi connectivity index (χ4n) is 1.70. The van der Waals surface area contributed by atoms with Crippen molar-refractivity contribution in [2.75, 3.05) is 6.26 Å². The summed E-state index contributed by atoms with van der Waals surface area (Å²) in [6.45, 7) is 3.77. The molecule has 0 amide bonds.